The van der Waals surface area contributed by atoms with Crippen LogP contribution in [0.5, 0.6) is 0 Å². The molecule has 0 saturated heterocycles. The van der Waals surface area contributed by atoms with Crippen molar-refractivity contribution in [3.05, 3.63) is 25.3 Å². The Labute approximate surface area is 85.3 Å². The number of carbonyl (C=O) groups is 1. The third-order valence-corrected chi connectivity index (χ3v) is 2.91. The van der Waals surface area contributed by atoms with Crippen molar-refractivity contribution in [1.82, 2.24) is 0 Å². The molecule has 0 heterocycles. The monoisotopic (exact) mass is 194 g/mol. The summed E-state index contributed by atoms with van der Waals surface area (Å²) in [5.74, 6) is -0.0604. The molecular weight excluding hydrogens is 176 g/mol. The summed E-state index contributed by atoms with van der Waals surface area (Å²) in [6, 6.07) is 0. The highest BCUT2D eigenvalue weighted by atomic mass is 16.3. The van der Waals surface area contributed by atoms with E-state index in [0.717, 1.165) is 12.8 Å². The van der Waals surface area contributed by atoms with Gasteiger partial charge in [0.1, 0.15) is 5.60 Å². The summed E-state index contributed by atoms with van der Waals surface area (Å²) >= 11 is 0. The smallest absolute Gasteiger partial charge is 0.168 e. The van der Waals surface area contributed by atoms with Gasteiger partial charge in [-0.2, -0.15) is 0 Å². The van der Waals surface area contributed by atoms with Crippen LogP contribution < -0.4 is 0 Å². The lowest BCUT2D eigenvalue weighted by molar-refractivity contribution is -0.145. The molecule has 0 bridgehead atoms. The number of carbonyl (C=O) groups excluding carboxylic acids is 1. The highest BCUT2D eigenvalue weighted by Gasteiger charge is 2.41. The molecule has 0 radical (unpaired) electrons. The predicted octanol–water partition coefficient (Wildman–Crippen LogP) is 2.24. The molecule has 2 nitrogen and oxygen atoms in total. The first-order valence-corrected chi connectivity index (χ1v) is 5.12. The number of allylic oxidation sites excluding steroid dienone is 1. The third-order valence-electron chi connectivity index (χ3n) is 2.91. The maximum Gasteiger partial charge on any atom is 0.168 e. The summed E-state index contributed by atoms with van der Waals surface area (Å²) < 4.78 is 0. The Bertz CT molecular complexity index is 245. The first-order valence-electron chi connectivity index (χ1n) is 5.12. The number of Topliss-reactive ketones (excluding diaryl/α,β-unsaturated/α-hetero) is 1. The number of hydrogen-bond donors (Lipinski definition) is 1. The van der Waals surface area contributed by atoms with E-state index in [4.69, 9.17) is 0 Å². The van der Waals surface area contributed by atoms with Crippen molar-refractivity contribution < 1.29 is 9.90 Å². The summed E-state index contributed by atoms with van der Waals surface area (Å²) in [7, 11) is 0. The lowest BCUT2D eigenvalue weighted by Crippen LogP contribution is -2.45. The Hall–Kier alpha value is -0.890. The molecule has 14 heavy (non-hydrogen) atoms. The second kappa shape index (κ2) is 4.56. The van der Waals surface area contributed by atoms with E-state index in [1.807, 2.05) is 0 Å². The number of ketones is 1. The van der Waals surface area contributed by atoms with Crippen LogP contribution in [0.25, 0.3) is 0 Å². The van der Waals surface area contributed by atoms with E-state index in [1.165, 1.54) is 0 Å². The van der Waals surface area contributed by atoms with Crippen LogP contribution in [-0.2, 0) is 4.79 Å². The van der Waals surface area contributed by atoms with Crippen molar-refractivity contribution in [2.45, 2.75) is 37.7 Å². The van der Waals surface area contributed by atoms with Crippen LogP contribution in [0.1, 0.15) is 32.1 Å². The minimum atomic E-state index is -1.15. The normalized spacial score (nSPS) is 32.6. The summed E-state index contributed by atoms with van der Waals surface area (Å²) in [4.78, 5) is 11.9. The molecule has 1 rings (SSSR count). The Kier molecular flexibility index (Phi) is 3.64. The van der Waals surface area contributed by atoms with Gasteiger partial charge in [0, 0.05) is 12.3 Å². The molecule has 1 saturated carbocycles. The van der Waals surface area contributed by atoms with Gasteiger partial charge in [0.05, 0.1) is 0 Å². The van der Waals surface area contributed by atoms with E-state index in [0.29, 0.717) is 19.3 Å². The summed E-state index contributed by atoms with van der Waals surface area (Å²) in [6.45, 7) is 7.20. The second-order valence-electron chi connectivity index (χ2n) is 4.00. The van der Waals surface area contributed by atoms with Gasteiger partial charge in [-0.25, -0.2) is 0 Å². The fourth-order valence-corrected chi connectivity index (χ4v) is 2.14. The first-order chi connectivity index (χ1) is 6.64. The first kappa shape index (κ1) is 11.2. The van der Waals surface area contributed by atoms with Crippen molar-refractivity contribution in [3.63, 3.8) is 0 Å². The predicted molar refractivity (Wildman–Crippen MR) is 56.9 cm³/mol. The van der Waals surface area contributed by atoms with Gasteiger partial charge < -0.3 is 5.11 Å². The van der Waals surface area contributed by atoms with Gasteiger partial charge in [-0.1, -0.05) is 12.2 Å². The molecule has 1 aliphatic carbocycles. The number of hydrogen-bond acceptors (Lipinski definition) is 2. The van der Waals surface area contributed by atoms with E-state index < -0.39 is 5.60 Å². The molecule has 0 aromatic rings. The van der Waals surface area contributed by atoms with Gasteiger partial charge in [-0.15, -0.1) is 13.2 Å². The van der Waals surface area contributed by atoms with Crippen molar-refractivity contribution in [1.29, 1.82) is 0 Å². The highest BCUT2D eigenvalue weighted by Crippen LogP contribution is 2.33. The molecule has 1 N–H and O–H groups in total. The van der Waals surface area contributed by atoms with E-state index in [9.17, 15) is 9.90 Å². The zero-order chi connectivity index (χ0) is 10.6. The average molecular weight is 194 g/mol. The van der Waals surface area contributed by atoms with Gasteiger partial charge >= 0.3 is 0 Å². The molecule has 0 aromatic carbocycles. The Morgan fingerprint density at radius 1 is 1.50 bits per heavy atom. The summed E-state index contributed by atoms with van der Waals surface area (Å²) in [6.07, 6.45) is 6.79. The zero-order valence-electron chi connectivity index (χ0n) is 8.54. The van der Waals surface area contributed by atoms with Gasteiger partial charge in [0.25, 0.3) is 0 Å². The van der Waals surface area contributed by atoms with Crippen LogP contribution in [-0.4, -0.2) is 16.5 Å². The second-order valence-corrected chi connectivity index (χ2v) is 4.00. The molecule has 1 aliphatic rings. The molecular formula is C12H18O2. The van der Waals surface area contributed by atoms with Crippen molar-refractivity contribution in [3.8, 4) is 0 Å². The quantitative estimate of drug-likeness (QED) is 0.697. The third kappa shape index (κ3) is 2.13. The Balaban J connectivity index is 2.73. The molecule has 0 spiro atoms. The fourth-order valence-electron chi connectivity index (χ4n) is 2.14. The summed E-state index contributed by atoms with van der Waals surface area (Å²) in [5.41, 5.74) is -1.15. The molecule has 78 valence electrons. The SMILES string of the molecule is C=CC[C@H]1CCC[C@@](O)(CC=C)C1=O. The molecule has 0 amide bonds. The Morgan fingerprint density at radius 3 is 2.79 bits per heavy atom. The van der Waals surface area contributed by atoms with Crippen LogP contribution in [0.2, 0.25) is 0 Å². The molecule has 2 heteroatoms. The van der Waals surface area contributed by atoms with Gasteiger partial charge in [-0.05, 0) is 25.7 Å². The van der Waals surface area contributed by atoms with Gasteiger partial charge in [-0.3, -0.25) is 4.79 Å². The van der Waals surface area contributed by atoms with Crippen LogP contribution in [0.3, 0.4) is 0 Å². The van der Waals surface area contributed by atoms with Crippen LogP contribution in [0.15, 0.2) is 25.3 Å². The topological polar surface area (TPSA) is 37.3 Å². The Morgan fingerprint density at radius 2 is 2.21 bits per heavy atom. The van der Waals surface area contributed by atoms with E-state index in [-0.39, 0.29) is 11.7 Å². The minimum Gasteiger partial charge on any atom is -0.382 e. The number of aliphatic hydroxyl groups is 1. The average Bonchev–Trinajstić information content (AvgIpc) is 2.14. The lowest BCUT2D eigenvalue weighted by atomic mass is 9.74. The van der Waals surface area contributed by atoms with Crippen LogP contribution in [0.4, 0.5) is 0 Å². The van der Waals surface area contributed by atoms with Crippen molar-refractivity contribution in [2.24, 2.45) is 5.92 Å². The lowest BCUT2D eigenvalue weighted by Gasteiger charge is -2.34. The van der Waals surface area contributed by atoms with Gasteiger partial charge in [0.15, 0.2) is 5.78 Å². The molecule has 2 atom stereocenters. The number of rotatable bonds is 4. The van der Waals surface area contributed by atoms with E-state index >= 15 is 0 Å². The van der Waals surface area contributed by atoms with Crippen LogP contribution in [0, 0.1) is 5.92 Å². The molecule has 0 aromatic heterocycles. The van der Waals surface area contributed by atoms with Gasteiger partial charge in [0.2, 0.25) is 0 Å². The molecule has 1 fully saturated rings. The molecule has 0 unspecified atom stereocenters. The summed E-state index contributed by atoms with van der Waals surface area (Å²) in [5, 5.41) is 10.1. The minimum absolute atomic E-state index is 0.0245. The zero-order valence-corrected chi connectivity index (χ0v) is 8.54. The van der Waals surface area contributed by atoms with Crippen molar-refractivity contribution >= 4 is 5.78 Å². The molecule has 0 aliphatic heterocycles. The van der Waals surface area contributed by atoms with Crippen LogP contribution >= 0.6 is 0 Å². The highest BCUT2D eigenvalue weighted by molar-refractivity contribution is 5.90. The van der Waals surface area contributed by atoms with E-state index in [1.54, 1.807) is 12.2 Å². The fraction of sp³-hybridized carbons (Fsp3) is 0.583. The largest absolute Gasteiger partial charge is 0.382 e. The maximum atomic E-state index is 11.9. The maximum absolute atomic E-state index is 11.9. The van der Waals surface area contributed by atoms with Crippen molar-refractivity contribution in [2.75, 3.05) is 0 Å². The van der Waals surface area contributed by atoms with E-state index in [2.05, 4.69) is 13.2 Å². The standard InChI is InChI=1S/C12H18O2/c1-3-6-10-7-5-9-12(14,8-4-2)11(10)13/h3-4,10,14H,1-2,5-9H2/t10-,12-/m0/s1.